The van der Waals surface area contributed by atoms with Crippen LogP contribution >= 0.6 is 11.6 Å². The number of alkyl halides is 1. The van der Waals surface area contributed by atoms with Crippen molar-refractivity contribution in [2.45, 2.75) is 44.2 Å². The summed E-state index contributed by atoms with van der Waals surface area (Å²) in [6.45, 7) is 6.41. The predicted molar refractivity (Wildman–Crippen MR) is 54.5 cm³/mol. The average Bonchev–Trinajstić information content (AvgIpc) is 2.55. The molecule has 0 spiro atoms. The second kappa shape index (κ2) is 3.02. The third-order valence-electron chi connectivity index (χ3n) is 2.82. The molecule has 0 aromatic rings. The summed E-state index contributed by atoms with van der Waals surface area (Å²) in [4.78, 5) is 13.5. The van der Waals surface area contributed by atoms with Crippen LogP contribution in [0.3, 0.4) is 0 Å². The molecular weight excluding hydrogens is 202 g/mol. The highest BCUT2D eigenvalue weighted by molar-refractivity contribution is 6.22. The molecule has 3 nitrogen and oxygen atoms in total. The molecule has 2 bridgehead atoms. The summed E-state index contributed by atoms with van der Waals surface area (Å²) < 4.78 is 5.30. The molecule has 2 saturated heterocycles. The summed E-state index contributed by atoms with van der Waals surface area (Å²) in [6.07, 6.45) is 0.834. The van der Waals surface area contributed by atoms with Gasteiger partial charge in [0.2, 0.25) is 0 Å². The van der Waals surface area contributed by atoms with E-state index in [4.69, 9.17) is 16.3 Å². The molecular formula is C10H16ClNO2. The van der Waals surface area contributed by atoms with Crippen molar-refractivity contribution in [3.8, 4) is 0 Å². The van der Waals surface area contributed by atoms with Crippen molar-refractivity contribution >= 4 is 17.7 Å². The van der Waals surface area contributed by atoms with E-state index in [0.29, 0.717) is 5.92 Å². The van der Waals surface area contributed by atoms with Gasteiger partial charge in [0.05, 0.1) is 11.4 Å². The maximum atomic E-state index is 11.7. The van der Waals surface area contributed by atoms with Crippen molar-refractivity contribution in [3.05, 3.63) is 0 Å². The Hall–Kier alpha value is -0.440. The van der Waals surface area contributed by atoms with Gasteiger partial charge in [0.1, 0.15) is 5.60 Å². The Morgan fingerprint density at radius 2 is 2.14 bits per heavy atom. The second-order valence-electron chi connectivity index (χ2n) is 5.14. The van der Waals surface area contributed by atoms with Crippen molar-refractivity contribution in [2.75, 3.05) is 6.54 Å². The molecule has 2 aliphatic heterocycles. The molecule has 0 N–H and O–H groups in total. The highest BCUT2D eigenvalue weighted by Gasteiger charge is 2.53. The van der Waals surface area contributed by atoms with Crippen molar-refractivity contribution < 1.29 is 9.53 Å². The quantitative estimate of drug-likeness (QED) is 0.583. The minimum Gasteiger partial charge on any atom is -0.444 e. The largest absolute Gasteiger partial charge is 0.444 e. The van der Waals surface area contributed by atoms with Gasteiger partial charge in [-0.05, 0) is 33.1 Å². The van der Waals surface area contributed by atoms with E-state index in [9.17, 15) is 4.79 Å². The zero-order valence-electron chi connectivity index (χ0n) is 8.79. The lowest BCUT2D eigenvalue weighted by Gasteiger charge is -2.32. The van der Waals surface area contributed by atoms with Crippen LogP contribution in [0.1, 0.15) is 27.2 Å². The molecule has 3 atom stereocenters. The Morgan fingerprint density at radius 1 is 1.50 bits per heavy atom. The highest BCUT2D eigenvalue weighted by atomic mass is 35.5. The van der Waals surface area contributed by atoms with E-state index in [2.05, 4.69) is 0 Å². The summed E-state index contributed by atoms with van der Waals surface area (Å²) in [5, 5.41) is 0.155. The lowest BCUT2D eigenvalue weighted by Crippen LogP contribution is -2.43. The first kappa shape index (κ1) is 10.1. The maximum absolute atomic E-state index is 11.7. The molecule has 0 aromatic heterocycles. The molecule has 3 fully saturated rings. The van der Waals surface area contributed by atoms with Crippen LogP contribution in [0.4, 0.5) is 4.79 Å². The van der Waals surface area contributed by atoms with E-state index in [1.807, 2.05) is 20.8 Å². The number of carbonyl (C=O) groups is 1. The number of ether oxygens (including phenoxy) is 1. The SMILES string of the molecule is CC(C)(C)OC(=O)N1CC2CC1C2Cl. The van der Waals surface area contributed by atoms with Gasteiger partial charge in [0.15, 0.2) is 0 Å². The van der Waals surface area contributed by atoms with Crippen LogP contribution in [-0.4, -0.2) is 34.6 Å². The number of amides is 1. The predicted octanol–water partition coefficient (Wildman–Crippen LogP) is 2.23. The van der Waals surface area contributed by atoms with Crippen LogP contribution in [0.5, 0.6) is 0 Å². The van der Waals surface area contributed by atoms with Gasteiger partial charge < -0.3 is 9.64 Å². The van der Waals surface area contributed by atoms with Gasteiger partial charge in [-0.2, -0.15) is 0 Å². The average molecular weight is 218 g/mol. The standard InChI is InChI=1S/C10H16ClNO2/c1-10(2,3)14-9(13)12-5-6-4-7(12)8(6)11/h6-8H,4-5H2,1-3H3. The fraction of sp³-hybridized carbons (Fsp3) is 0.900. The molecule has 3 aliphatic rings. The van der Waals surface area contributed by atoms with Gasteiger partial charge >= 0.3 is 6.09 Å². The Kier molecular flexibility index (Phi) is 2.18. The van der Waals surface area contributed by atoms with E-state index in [-0.39, 0.29) is 17.5 Å². The summed E-state index contributed by atoms with van der Waals surface area (Å²) in [6, 6.07) is 0.219. The van der Waals surface area contributed by atoms with Gasteiger partial charge in [0, 0.05) is 6.54 Å². The minimum atomic E-state index is -0.411. The zero-order valence-corrected chi connectivity index (χ0v) is 9.54. The van der Waals surface area contributed by atoms with E-state index >= 15 is 0 Å². The Labute approximate surface area is 89.4 Å². The van der Waals surface area contributed by atoms with Crippen LogP contribution in [0.25, 0.3) is 0 Å². The Bertz CT molecular complexity index is 261. The van der Waals surface area contributed by atoms with E-state index in [1.54, 1.807) is 4.90 Å². The zero-order chi connectivity index (χ0) is 10.5. The number of carbonyl (C=O) groups excluding carboxylic acids is 1. The van der Waals surface area contributed by atoms with Gasteiger partial charge in [-0.15, -0.1) is 11.6 Å². The molecule has 1 aliphatic carbocycles. The molecule has 4 heteroatoms. The topological polar surface area (TPSA) is 29.5 Å². The molecule has 3 rings (SSSR count). The lowest BCUT2D eigenvalue weighted by atomic mass is 9.86. The summed E-state index contributed by atoms with van der Waals surface area (Å²) in [7, 11) is 0. The van der Waals surface area contributed by atoms with Crippen LogP contribution in [0.15, 0.2) is 0 Å². The van der Waals surface area contributed by atoms with Gasteiger partial charge in [-0.3, -0.25) is 0 Å². The fourth-order valence-corrected chi connectivity index (χ4v) is 2.50. The summed E-state index contributed by atoms with van der Waals surface area (Å²) in [5.41, 5.74) is -0.411. The Morgan fingerprint density at radius 3 is 2.50 bits per heavy atom. The van der Waals surface area contributed by atoms with Gasteiger partial charge in [-0.25, -0.2) is 4.79 Å². The van der Waals surface area contributed by atoms with E-state index < -0.39 is 5.60 Å². The van der Waals surface area contributed by atoms with Crippen LogP contribution in [0.2, 0.25) is 0 Å². The molecule has 0 aromatic carbocycles. The van der Waals surface area contributed by atoms with Gasteiger partial charge in [0.25, 0.3) is 0 Å². The number of fused-ring (bicyclic) bond motifs is 1. The molecule has 0 radical (unpaired) electrons. The normalized spacial score (nSPS) is 35.4. The first-order valence-electron chi connectivity index (χ1n) is 5.02. The van der Waals surface area contributed by atoms with Crippen molar-refractivity contribution in [3.63, 3.8) is 0 Å². The molecule has 3 unspecified atom stereocenters. The van der Waals surface area contributed by atoms with Crippen molar-refractivity contribution in [2.24, 2.45) is 5.92 Å². The fourth-order valence-electron chi connectivity index (χ4n) is 2.08. The monoisotopic (exact) mass is 217 g/mol. The van der Waals surface area contributed by atoms with Crippen molar-refractivity contribution in [1.29, 1.82) is 0 Å². The first-order chi connectivity index (χ1) is 6.38. The minimum absolute atomic E-state index is 0.155. The smallest absolute Gasteiger partial charge is 0.410 e. The van der Waals surface area contributed by atoms with Crippen molar-refractivity contribution in [1.82, 2.24) is 4.90 Å². The summed E-state index contributed by atoms with van der Waals surface area (Å²) in [5.74, 6) is 0.495. The number of halogens is 1. The number of rotatable bonds is 0. The van der Waals surface area contributed by atoms with Crippen LogP contribution in [-0.2, 0) is 4.74 Å². The number of hydrogen-bond acceptors (Lipinski definition) is 2. The van der Waals surface area contributed by atoms with Gasteiger partial charge in [-0.1, -0.05) is 0 Å². The first-order valence-corrected chi connectivity index (χ1v) is 5.46. The number of hydrogen-bond donors (Lipinski definition) is 0. The second-order valence-corrected chi connectivity index (χ2v) is 5.64. The molecule has 1 saturated carbocycles. The van der Waals surface area contributed by atoms with Crippen LogP contribution < -0.4 is 0 Å². The van der Waals surface area contributed by atoms with E-state index in [1.165, 1.54) is 0 Å². The third kappa shape index (κ3) is 1.58. The molecule has 1 amide bonds. The maximum Gasteiger partial charge on any atom is 0.410 e. The summed E-state index contributed by atoms with van der Waals surface area (Å²) >= 11 is 6.07. The third-order valence-corrected chi connectivity index (χ3v) is 3.47. The van der Waals surface area contributed by atoms with Crippen LogP contribution in [0, 0.1) is 5.92 Å². The highest BCUT2D eigenvalue weighted by Crippen LogP contribution is 2.44. The lowest BCUT2D eigenvalue weighted by molar-refractivity contribution is 0.0248. The Balaban J connectivity index is 1.94. The molecule has 14 heavy (non-hydrogen) atoms. The molecule has 80 valence electrons. The molecule has 2 heterocycles. The number of nitrogens with zero attached hydrogens (tertiary/aromatic N) is 1. The van der Waals surface area contributed by atoms with E-state index in [0.717, 1.165) is 13.0 Å².